The van der Waals surface area contributed by atoms with Gasteiger partial charge in [-0.3, -0.25) is 19.4 Å². The standard InChI is InChI=1S/C22H18ClN7O5S/c1-13-20(22(32)30(28-13)21(31)14-3-5-15(23)6-4-14)27-26-16-7-9-17(10-8-16)36(33,34)29-18-11-19(35-2)25-12-24-18/h3-12,28H,1-2H3,(H,24,25,29). The van der Waals surface area contributed by atoms with E-state index in [1.165, 1.54) is 55.9 Å². The first-order valence-corrected chi connectivity index (χ1v) is 12.1. The second-order valence-corrected chi connectivity index (χ2v) is 9.40. The van der Waals surface area contributed by atoms with Gasteiger partial charge in [-0.1, -0.05) is 11.6 Å². The number of hydrogen-bond donors (Lipinski definition) is 2. The van der Waals surface area contributed by atoms with Crippen LogP contribution in [0.1, 0.15) is 16.1 Å². The third-order valence-corrected chi connectivity index (χ3v) is 6.46. The second-order valence-electron chi connectivity index (χ2n) is 7.28. The Morgan fingerprint density at radius 1 is 1.08 bits per heavy atom. The van der Waals surface area contributed by atoms with Crippen molar-refractivity contribution in [2.45, 2.75) is 11.8 Å². The first-order valence-electron chi connectivity index (χ1n) is 10.2. The molecule has 2 heterocycles. The van der Waals surface area contributed by atoms with Gasteiger partial charge in [0.05, 0.1) is 23.4 Å². The summed E-state index contributed by atoms with van der Waals surface area (Å²) in [5, 5.41) is 11.1. The number of H-pyrrole nitrogens is 1. The quantitative estimate of drug-likeness (QED) is 0.345. The van der Waals surface area contributed by atoms with Crippen molar-refractivity contribution in [2.75, 3.05) is 11.8 Å². The van der Waals surface area contributed by atoms with Crippen LogP contribution in [0, 0.1) is 6.92 Å². The molecule has 0 fully saturated rings. The number of carbonyl (C=O) groups is 1. The van der Waals surface area contributed by atoms with E-state index in [0.717, 1.165) is 4.68 Å². The molecule has 184 valence electrons. The van der Waals surface area contributed by atoms with Gasteiger partial charge in [0, 0.05) is 16.7 Å². The molecule has 4 rings (SSSR count). The number of ether oxygens (including phenoxy) is 1. The van der Waals surface area contributed by atoms with Gasteiger partial charge in [-0.15, -0.1) is 5.11 Å². The van der Waals surface area contributed by atoms with Crippen molar-refractivity contribution in [2.24, 2.45) is 10.2 Å². The van der Waals surface area contributed by atoms with Crippen LogP contribution in [-0.4, -0.2) is 41.2 Å². The van der Waals surface area contributed by atoms with Gasteiger partial charge < -0.3 is 4.74 Å². The number of anilines is 1. The molecule has 0 atom stereocenters. The number of hydrogen-bond acceptors (Lipinski definition) is 9. The van der Waals surface area contributed by atoms with Crippen molar-refractivity contribution in [3.05, 3.63) is 87.6 Å². The Kier molecular flexibility index (Phi) is 6.94. The first-order chi connectivity index (χ1) is 17.2. The summed E-state index contributed by atoms with van der Waals surface area (Å²) in [7, 11) is -2.54. The van der Waals surface area contributed by atoms with E-state index in [0.29, 0.717) is 10.7 Å². The van der Waals surface area contributed by atoms with Crippen molar-refractivity contribution >= 4 is 44.7 Å². The van der Waals surface area contributed by atoms with Crippen LogP contribution in [0.15, 0.2) is 80.8 Å². The second kappa shape index (κ2) is 10.1. The van der Waals surface area contributed by atoms with Gasteiger partial charge in [-0.25, -0.2) is 18.4 Å². The van der Waals surface area contributed by atoms with Crippen LogP contribution in [0.4, 0.5) is 17.2 Å². The van der Waals surface area contributed by atoms with Gasteiger partial charge in [0.2, 0.25) is 5.88 Å². The van der Waals surface area contributed by atoms with Gasteiger partial charge in [0.25, 0.3) is 15.9 Å². The number of sulfonamides is 1. The van der Waals surface area contributed by atoms with Crippen molar-refractivity contribution in [1.29, 1.82) is 0 Å². The third kappa shape index (κ3) is 5.31. The zero-order valence-corrected chi connectivity index (χ0v) is 20.4. The Morgan fingerprint density at radius 3 is 2.44 bits per heavy atom. The van der Waals surface area contributed by atoms with E-state index in [-0.39, 0.29) is 33.5 Å². The lowest BCUT2D eigenvalue weighted by atomic mass is 10.2. The van der Waals surface area contributed by atoms with E-state index >= 15 is 0 Å². The lowest BCUT2D eigenvalue weighted by molar-refractivity contribution is 0.0941. The fourth-order valence-corrected chi connectivity index (χ4v) is 4.15. The average Bonchev–Trinajstić information content (AvgIpc) is 3.15. The number of nitrogens with one attached hydrogen (secondary N) is 2. The van der Waals surface area contributed by atoms with Crippen molar-refractivity contribution in [1.82, 2.24) is 19.7 Å². The van der Waals surface area contributed by atoms with Crippen molar-refractivity contribution in [3.8, 4) is 5.88 Å². The summed E-state index contributed by atoms with van der Waals surface area (Å²) < 4.78 is 33.4. The number of azo groups is 1. The molecule has 2 aromatic carbocycles. The highest BCUT2D eigenvalue weighted by atomic mass is 35.5. The van der Waals surface area contributed by atoms with Gasteiger partial charge in [-0.05, 0) is 55.5 Å². The number of nitrogens with zero attached hydrogens (tertiary/aromatic N) is 5. The van der Waals surface area contributed by atoms with Crippen LogP contribution >= 0.6 is 11.6 Å². The van der Waals surface area contributed by atoms with E-state index < -0.39 is 21.5 Å². The molecule has 2 aromatic heterocycles. The summed E-state index contributed by atoms with van der Waals surface area (Å²) in [4.78, 5) is 33.0. The van der Waals surface area contributed by atoms with E-state index in [1.54, 1.807) is 19.1 Å². The zero-order valence-electron chi connectivity index (χ0n) is 18.8. The summed E-state index contributed by atoms with van der Waals surface area (Å²) in [5.74, 6) is -0.338. The molecule has 4 aromatic rings. The Balaban J connectivity index is 1.52. The molecule has 0 spiro atoms. The normalized spacial score (nSPS) is 11.5. The SMILES string of the molecule is COc1cc(NS(=O)(=O)c2ccc(N=Nc3c(C)[nH]n(C(=O)c4ccc(Cl)cc4)c3=O)cc2)ncn1. The summed E-state index contributed by atoms with van der Waals surface area (Å²) >= 11 is 5.84. The summed E-state index contributed by atoms with van der Waals surface area (Å²) in [6.45, 7) is 1.57. The fourth-order valence-electron chi connectivity index (χ4n) is 3.02. The number of methoxy groups -OCH3 is 1. The lowest BCUT2D eigenvalue weighted by Gasteiger charge is -2.08. The molecule has 14 heteroatoms. The predicted octanol–water partition coefficient (Wildman–Crippen LogP) is 3.84. The summed E-state index contributed by atoms with van der Waals surface area (Å²) in [5.41, 5.74) is 0.133. The average molecular weight is 528 g/mol. The first kappa shape index (κ1) is 24.8. The van der Waals surface area contributed by atoms with Gasteiger partial charge in [-0.2, -0.15) is 9.80 Å². The minimum Gasteiger partial charge on any atom is -0.481 e. The van der Waals surface area contributed by atoms with Crippen LogP contribution in [0.2, 0.25) is 5.02 Å². The Morgan fingerprint density at radius 2 is 1.78 bits per heavy atom. The molecule has 0 aliphatic heterocycles. The zero-order chi connectivity index (χ0) is 25.9. The molecular formula is C22H18ClN7O5S. The Labute approximate surface area is 209 Å². The maximum Gasteiger partial charge on any atom is 0.302 e. The van der Waals surface area contributed by atoms with Crippen molar-refractivity contribution < 1.29 is 17.9 Å². The molecule has 0 amide bonds. The van der Waals surface area contributed by atoms with Crippen LogP contribution in [0.25, 0.3) is 0 Å². The molecular weight excluding hydrogens is 510 g/mol. The largest absolute Gasteiger partial charge is 0.481 e. The smallest absolute Gasteiger partial charge is 0.302 e. The monoisotopic (exact) mass is 527 g/mol. The molecule has 0 radical (unpaired) electrons. The molecule has 0 aliphatic rings. The molecule has 0 saturated carbocycles. The molecule has 12 nitrogen and oxygen atoms in total. The number of aromatic amines is 1. The van der Waals surface area contributed by atoms with Crippen LogP contribution < -0.4 is 15.0 Å². The number of aromatic nitrogens is 4. The lowest BCUT2D eigenvalue weighted by Crippen LogP contribution is -2.25. The summed E-state index contributed by atoms with van der Waals surface area (Å²) in [6.07, 6.45) is 1.17. The minimum atomic E-state index is -3.94. The maximum atomic E-state index is 12.7. The number of halogens is 1. The predicted molar refractivity (Wildman–Crippen MR) is 131 cm³/mol. The topological polar surface area (TPSA) is 161 Å². The number of carbonyl (C=O) groups excluding carboxylic acids is 1. The van der Waals surface area contributed by atoms with E-state index in [1.807, 2.05) is 0 Å². The van der Waals surface area contributed by atoms with Crippen LogP contribution in [0.3, 0.4) is 0 Å². The van der Waals surface area contributed by atoms with E-state index in [4.69, 9.17) is 16.3 Å². The molecule has 0 aliphatic carbocycles. The Bertz CT molecular complexity index is 1610. The third-order valence-electron chi connectivity index (χ3n) is 4.84. The number of aryl methyl sites for hydroxylation is 1. The molecule has 0 bridgehead atoms. The van der Waals surface area contributed by atoms with Gasteiger partial charge in [0.15, 0.2) is 5.69 Å². The van der Waals surface area contributed by atoms with Gasteiger partial charge >= 0.3 is 5.56 Å². The number of benzene rings is 2. The Hall–Kier alpha value is -4.36. The van der Waals surface area contributed by atoms with Crippen LogP contribution in [-0.2, 0) is 10.0 Å². The molecule has 36 heavy (non-hydrogen) atoms. The highest BCUT2D eigenvalue weighted by molar-refractivity contribution is 7.92. The fraction of sp³-hybridized carbons (Fsp3) is 0.0909. The van der Waals surface area contributed by atoms with Crippen molar-refractivity contribution in [3.63, 3.8) is 0 Å². The maximum absolute atomic E-state index is 12.7. The molecule has 0 saturated heterocycles. The molecule has 0 unspecified atom stereocenters. The highest BCUT2D eigenvalue weighted by Gasteiger charge is 2.18. The molecule has 2 N–H and O–H groups in total. The highest BCUT2D eigenvalue weighted by Crippen LogP contribution is 2.22. The van der Waals surface area contributed by atoms with E-state index in [9.17, 15) is 18.0 Å². The van der Waals surface area contributed by atoms with E-state index in [2.05, 4.69) is 30.0 Å². The number of rotatable bonds is 7. The minimum absolute atomic E-state index is 0.0398. The van der Waals surface area contributed by atoms with Crippen LogP contribution in [0.5, 0.6) is 5.88 Å². The van der Waals surface area contributed by atoms with Gasteiger partial charge in [0.1, 0.15) is 12.1 Å². The summed E-state index contributed by atoms with van der Waals surface area (Å²) in [6, 6.07) is 12.9.